The van der Waals surface area contributed by atoms with Gasteiger partial charge in [-0.15, -0.1) is 0 Å². The van der Waals surface area contributed by atoms with Crippen LogP contribution in [0.3, 0.4) is 0 Å². The second kappa shape index (κ2) is 5.63. The van der Waals surface area contributed by atoms with Gasteiger partial charge >= 0.3 is 0 Å². The van der Waals surface area contributed by atoms with Crippen molar-refractivity contribution in [3.05, 3.63) is 46.2 Å². The smallest absolute Gasteiger partial charge is 0.124 e. The summed E-state index contributed by atoms with van der Waals surface area (Å²) in [4.78, 5) is 0. The lowest BCUT2D eigenvalue weighted by Gasteiger charge is -2.20. The molecule has 0 aliphatic heterocycles. The summed E-state index contributed by atoms with van der Waals surface area (Å²) in [6.07, 6.45) is 0. The molecule has 0 spiro atoms. The van der Waals surface area contributed by atoms with Gasteiger partial charge in [0.2, 0.25) is 0 Å². The van der Waals surface area contributed by atoms with Crippen LogP contribution >= 0.6 is 11.6 Å². The van der Waals surface area contributed by atoms with Gasteiger partial charge in [0.15, 0.2) is 0 Å². The Balaban J connectivity index is 2.53. The first kappa shape index (κ1) is 13.9. The lowest BCUT2D eigenvalue weighted by Crippen LogP contribution is -2.21. The molecule has 0 radical (unpaired) electrons. The molecular formula is C14H18ClN3O. The van der Waals surface area contributed by atoms with Crippen LogP contribution in [0.5, 0.6) is 5.75 Å². The minimum Gasteiger partial charge on any atom is -0.496 e. The van der Waals surface area contributed by atoms with Crippen LogP contribution in [0.15, 0.2) is 24.3 Å². The SMILES string of the molecule is CNC(c1cc(Cl)ccc1OC)c1cc(C)nn1C. The van der Waals surface area contributed by atoms with Crippen molar-refractivity contribution < 1.29 is 4.74 Å². The van der Waals surface area contributed by atoms with E-state index in [1.807, 2.05) is 43.9 Å². The Morgan fingerprint density at radius 2 is 2.11 bits per heavy atom. The summed E-state index contributed by atoms with van der Waals surface area (Å²) >= 11 is 6.10. The third-order valence-corrected chi connectivity index (χ3v) is 3.36. The van der Waals surface area contributed by atoms with Crippen molar-refractivity contribution >= 4 is 11.6 Å². The molecule has 4 nitrogen and oxygen atoms in total. The molecule has 2 aromatic rings. The van der Waals surface area contributed by atoms with Crippen LogP contribution in [0.1, 0.15) is 23.0 Å². The molecule has 0 amide bonds. The van der Waals surface area contributed by atoms with Gasteiger partial charge < -0.3 is 10.1 Å². The maximum absolute atomic E-state index is 6.10. The van der Waals surface area contributed by atoms with Crippen molar-refractivity contribution in [2.24, 2.45) is 7.05 Å². The number of nitrogens with zero attached hydrogens (tertiary/aromatic N) is 2. The zero-order valence-corrected chi connectivity index (χ0v) is 12.3. The summed E-state index contributed by atoms with van der Waals surface area (Å²) in [6, 6.07) is 7.67. The van der Waals surface area contributed by atoms with E-state index in [1.54, 1.807) is 7.11 Å². The van der Waals surface area contributed by atoms with E-state index in [4.69, 9.17) is 16.3 Å². The van der Waals surface area contributed by atoms with Gasteiger partial charge in [-0.3, -0.25) is 4.68 Å². The first-order valence-corrected chi connectivity index (χ1v) is 6.46. The van der Waals surface area contributed by atoms with Crippen LogP contribution in [0.2, 0.25) is 5.02 Å². The van der Waals surface area contributed by atoms with Gasteiger partial charge in [0, 0.05) is 17.6 Å². The number of hydrogen-bond donors (Lipinski definition) is 1. The molecule has 1 N–H and O–H groups in total. The number of aromatic nitrogens is 2. The first-order chi connectivity index (χ1) is 9.06. The van der Waals surface area contributed by atoms with Gasteiger partial charge in [-0.1, -0.05) is 11.6 Å². The highest BCUT2D eigenvalue weighted by Crippen LogP contribution is 2.32. The topological polar surface area (TPSA) is 39.1 Å². The fraction of sp³-hybridized carbons (Fsp3) is 0.357. The third-order valence-electron chi connectivity index (χ3n) is 3.13. The minimum atomic E-state index is -0.0140. The quantitative estimate of drug-likeness (QED) is 0.935. The van der Waals surface area contributed by atoms with Gasteiger partial charge in [0.1, 0.15) is 5.75 Å². The van der Waals surface area contributed by atoms with Crippen molar-refractivity contribution in [2.75, 3.05) is 14.2 Å². The predicted molar refractivity (Wildman–Crippen MR) is 76.9 cm³/mol. The molecule has 0 saturated heterocycles. The summed E-state index contributed by atoms with van der Waals surface area (Å²) < 4.78 is 7.29. The van der Waals surface area contributed by atoms with Crippen molar-refractivity contribution in [3.8, 4) is 5.75 Å². The summed E-state index contributed by atoms with van der Waals surface area (Å²) in [5.41, 5.74) is 3.06. The van der Waals surface area contributed by atoms with E-state index in [2.05, 4.69) is 16.5 Å². The lowest BCUT2D eigenvalue weighted by atomic mass is 10.0. The average molecular weight is 280 g/mol. The van der Waals surface area contributed by atoms with Gasteiger partial charge in [-0.05, 0) is 38.2 Å². The number of methoxy groups -OCH3 is 1. The maximum Gasteiger partial charge on any atom is 0.124 e. The van der Waals surface area contributed by atoms with Gasteiger partial charge in [-0.2, -0.15) is 5.10 Å². The largest absolute Gasteiger partial charge is 0.496 e. The highest BCUT2D eigenvalue weighted by Gasteiger charge is 2.20. The third kappa shape index (κ3) is 2.74. The summed E-state index contributed by atoms with van der Waals surface area (Å²) in [7, 11) is 5.50. The highest BCUT2D eigenvalue weighted by molar-refractivity contribution is 6.30. The van der Waals surface area contributed by atoms with Gasteiger partial charge in [-0.25, -0.2) is 0 Å². The first-order valence-electron chi connectivity index (χ1n) is 6.08. The van der Waals surface area contributed by atoms with Gasteiger partial charge in [0.05, 0.1) is 24.5 Å². The molecule has 1 atom stereocenters. The van der Waals surface area contributed by atoms with Crippen LogP contribution in [-0.2, 0) is 7.05 Å². The Morgan fingerprint density at radius 1 is 1.37 bits per heavy atom. The fourth-order valence-electron chi connectivity index (χ4n) is 2.29. The monoisotopic (exact) mass is 279 g/mol. The Bertz CT molecular complexity index is 580. The van der Waals surface area contributed by atoms with Crippen molar-refractivity contribution in [1.29, 1.82) is 0 Å². The number of hydrogen-bond acceptors (Lipinski definition) is 3. The normalized spacial score (nSPS) is 12.5. The number of benzene rings is 1. The van der Waals surface area contributed by atoms with Crippen LogP contribution in [-0.4, -0.2) is 23.9 Å². The number of aryl methyl sites for hydroxylation is 2. The van der Waals surface area contributed by atoms with E-state index < -0.39 is 0 Å². The molecule has 0 saturated carbocycles. The minimum absolute atomic E-state index is 0.0140. The predicted octanol–water partition coefficient (Wildman–Crippen LogP) is 2.70. The van der Waals surface area contributed by atoms with Crippen molar-refractivity contribution in [2.45, 2.75) is 13.0 Å². The second-order valence-electron chi connectivity index (χ2n) is 4.44. The number of halogens is 1. The van der Waals surface area contributed by atoms with E-state index in [1.165, 1.54) is 0 Å². The van der Waals surface area contributed by atoms with Gasteiger partial charge in [0.25, 0.3) is 0 Å². The van der Waals surface area contributed by atoms with Crippen molar-refractivity contribution in [3.63, 3.8) is 0 Å². The molecule has 1 aromatic carbocycles. The molecule has 19 heavy (non-hydrogen) atoms. The van der Waals surface area contributed by atoms with Crippen LogP contribution in [0.25, 0.3) is 0 Å². The molecule has 2 rings (SSSR count). The molecule has 5 heteroatoms. The highest BCUT2D eigenvalue weighted by atomic mass is 35.5. The maximum atomic E-state index is 6.10. The van der Waals surface area contributed by atoms with E-state index in [0.29, 0.717) is 5.02 Å². The molecule has 102 valence electrons. The number of nitrogens with one attached hydrogen (secondary N) is 1. The molecular weight excluding hydrogens is 262 g/mol. The Kier molecular flexibility index (Phi) is 4.12. The summed E-state index contributed by atoms with van der Waals surface area (Å²) in [5.74, 6) is 0.808. The molecule has 1 aromatic heterocycles. The Labute approximate surface area is 118 Å². The Morgan fingerprint density at radius 3 is 2.63 bits per heavy atom. The van der Waals surface area contributed by atoms with E-state index in [0.717, 1.165) is 22.7 Å². The van der Waals surface area contributed by atoms with Crippen LogP contribution in [0, 0.1) is 6.92 Å². The van der Waals surface area contributed by atoms with Crippen molar-refractivity contribution in [1.82, 2.24) is 15.1 Å². The summed E-state index contributed by atoms with van der Waals surface area (Å²) in [6.45, 7) is 1.98. The van der Waals surface area contributed by atoms with E-state index in [-0.39, 0.29) is 6.04 Å². The van der Waals surface area contributed by atoms with Crippen LogP contribution in [0.4, 0.5) is 0 Å². The summed E-state index contributed by atoms with van der Waals surface area (Å²) in [5, 5.41) is 8.37. The fourth-order valence-corrected chi connectivity index (χ4v) is 2.47. The standard InChI is InChI=1S/C14H18ClN3O/c1-9-7-12(18(3)17-9)14(16-2)11-8-10(15)5-6-13(11)19-4/h5-8,14,16H,1-4H3. The zero-order chi connectivity index (χ0) is 14.0. The molecule has 0 aliphatic rings. The zero-order valence-electron chi connectivity index (χ0n) is 11.6. The number of rotatable bonds is 4. The number of ether oxygens (including phenoxy) is 1. The molecule has 0 aliphatic carbocycles. The van der Waals surface area contributed by atoms with Crippen LogP contribution < -0.4 is 10.1 Å². The molecule has 1 unspecified atom stereocenters. The molecule has 0 bridgehead atoms. The molecule has 1 heterocycles. The Hall–Kier alpha value is -1.52. The van der Waals surface area contributed by atoms with E-state index in [9.17, 15) is 0 Å². The molecule has 0 fully saturated rings. The van der Waals surface area contributed by atoms with E-state index >= 15 is 0 Å². The average Bonchev–Trinajstić information content (AvgIpc) is 2.70. The lowest BCUT2D eigenvalue weighted by molar-refractivity contribution is 0.404. The second-order valence-corrected chi connectivity index (χ2v) is 4.88.